The Labute approximate surface area is 112 Å². The second-order valence-electron chi connectivity index (χ2n) is 4.09. The third kappa shape index (κ3) is 2.66. The van der Waals surface area contributed by atoms with Gasteiger partial charge in [-0.15, -0.1) is 10.2 Å². The van der Waals surface area contributed by atoms with Gasteiger partial charge in [-0.05, 0) is 43.1 Å². The van der Waals surface area contributed by atoms with Crippen LogP contribution < -0.4 is 0 Å². The largest absolute Gasteiger partial charge is 0.212 e. The van der Waals surface area contributed by atoms with Crippen LogP contribution in [0.3, 0.4) is 0 Å². The van der Waals surface area contributed by atoms with Crippen molar-refractivity contribution in [1.29, 1.82) is 0 Å². The molecule has 17 heavy (non-hydrogen) atoms. The summed E-state index contributed by atoms with van der Waals surface area (Å²) in [6.07, 6.45) is 5.14. The molecule has 2 aromatic heterocycles. The van der Waals surface area contributed by atoms with E-state index >= 15 is 0 Å². The molecular weight excluding hydrogens is 272 g/mol. The summed E-state index contributed by atoms with van der Waals surface area (Å²) in [7, 11) is 0. The molecule has 0 bridgehead atoms. The van der Waals surface area contributed by atoms with E-state index in [4.69, 9.17) is 0 Å². The number of nitrogens with zero attached hydrogens (tertiary/aromatic N) is 4. The van der Waals surface area contributed by atoms with Crippen LogP contribution in [0.15, 0.2) is 8.68 Å². The van der Waals surface area contributed by atoms with E-state index in [1.165, 1.54) is 37.2 Å². The third-order valence-corrected chi connectivity index (χ3v) is 5.48. The Morgan fingerprint density at radius 1 is 1.18 bits per heavy atom. The van der Waals surface area contributed by atoms with E-state index in [9.17, 15) is 0 Å². The minimum absolute atomic E-state index is 0.594. The molecule has 1 aliphatic rings. The highest BCUT2D eigenvalue weighted by molar-refractivity contribution is 8.02. The normalized spacial score (nSPS) is 16.8. The molecule has 4 nitrogen and oxygen atoms in total. The summed E-state index contributed by atoms with van der Waals surface area (Å²) in [4.78, 5) is 4.61. The summed E-state index contributed by atoms with van der Waals surface area (Å²) in [5, 5.41) is 9.08. The van der Waals surface area contributed by atoms with Crippen LogP contribution in [0.1, 0.15) is 42.4 Å². The van der Waals surface area contributed by atoms with E-state index in [0.717, 1.165) is 19.5 Å². The summed E-state index contributed by atoms with van der Waals surface area (Å²) in [6, 6.07) is 0. The van der Waals surface area contributed by atoms with Crippen LogP contribution >= 0.6 is 34.6 Å². The molecule has 1 saturated carbocycles. The van der Waals surface area contributed by atoms with E-state index in [2.05, 4.69) is 19.6 Å². The van der Waals surface area contributed by atoms with Gasteiger partial charge in [-0.2, -0.15) is 4.37 Å². The van der Waals surface area contributed by atoms with Crippen molar-refractivity contribution in [2.45, 2.75) is 47.2 Å². The predicted molar refractivity (Wildman–Crippen MR) is 69.9 cm³/mol. The highest BCUT2D eigenvalue weighted by Gasteiger charge is 2.21. The van der Waals surface area contributed by atoms with Gasteiger partial charge in [0, 0.05) is 5.92 Å². The fourth-order valence-electron chi connectivity index (χ4n) is 2.01. The van der Waals surface area contributed by atoms with Gasteiger partial charge in [0.15, 0.2) is 8.68 Å². The molecule has 3 rings (SSSR count). The Balaban J connectivity index is 1.71. The Morgan fingerprint density at radius 2 is 2.00 bits per heavy atom. The fourth-order valence-corrected chi connectivity index (χ4v) is 4.71. The van der Waals surface area contributed by atoms with Gasteiger partial charge in [0.2, 0.25) is 0 Å². The molecule has 0 aromatic carbocycles. The molecule has 0 unspecified atom stereocenters. The van der Waals surface area contributed by atoms with Crippen molar-refractivity contribution in [3.05, 3.63) is 10.8 Å². The number of rotatable bonds is 3. The predicted octanol–water partition coefficient (Wildman–Crippen LogP) is 3.51. The molecule has 7 heteroatoms. The average molecular weight is 284 g/mol. The van der Waals surface area contributed by atoms with E-state index < -0.39 is 0 Å². The van der Waals surface area contributed by atoms with Crippen molar-refractivity contribution >= 4 is 34.6 Å². The third-order valence-electron chi connectivity index (χ3n) is 2.83. The smallest absolute Gasteiger partial charge is 0.181 e. The van der Waals surface area contributed by atoms with Crippen molar-refractivity contribution in [2.75, 3.05) is 0 Å². The first-order chi connectivity index (χ1) is 8.31. The molecule has 0 aliphatic heterocycles. The first-order valence-corrected chi connectivity index (χ1v) is 8.03. The molecule has 0 radical (unpaired) electrons. The zero-order valence-electron chi connectivity index (χ0n) is 9.42. The Hall–Kier alpha value is -0.530. The second kappa shape index (κ2) is 4.99. The Bertz CT molecular complexity index is 501. The maximum absolute atomic E-state index is 4.61. The summed E-state index contributed by atoms with van der Waals surface area (Å²) in [6.45, 7) is 1.96. The van der Waals surface area contributed by atoms with Crippen molar-refractivity contribution in [3.63, 3.8) is 0 Å². The average Bonchev–Trinajstić information content (AvgIpc) is 3.00. The topological polar surface area (TPSA) is 51.6 Å². The van der Waals surface area contributed by atoms with E-state index in [1.54, 1.807) is 23.1 Å². The zero-order valence-corrected chi connectivity index (χ0v) is 11.9. The molecule has 0 atom stereocenters. The lowest BCUT2D eigenvalue weighted by molar-refractivity contribution is 0.676. The maximum Gasteiger partial charge on any atom is 0.181 e. The first kappa shape index (κ1) is 11.6. The van der Waals surface area contributed by atoms with Crippen LogP contribution in [0.25, 0.3) is 0 Å². The number of hydrogen-bond donors (Lipinski definition) is 0. The molecular formula is C10H12N4S3. The minimum Gasteiger partial charge on any atom is -0.212 e. The summed E-state index contributed by atoms with van der Waals surface area (Å²) < 4.78 is 6.41. The molecule has 1 fully saturated rings. The summed E-state index contributed by atoms with van der Waals surface area (Å²) >= 11 is 4.66. The van der Waals surface area contributed by atoms with Gasteiger partial charge in [0.1, 0.15) is 10.8 Å². The van der Waals surface area contributed by atoms with Gasteiger partial charge in [0.05, 0.1) is 0 Å². The van der Waals surface area contributed by atoms with Gasteiger partial charge in [-0.25, -0.2) is 4.98 Å². The van der Waals surface area contributed by atoms with Gasteiger partial charge in [-0.1, -0.05) is 24.2 Å². The van der Waals surface area contributed by atoms with Crippen molar-refractivity contribution in [3.8, 4) is 0 Å². The van der Waals surface area contributed by atoms with Crippen molar-refractivity contribution < 1.29 is 0 Å². The molecule has 0 N–H and O–H groups in total. The molecule has 1 aliphatic carbocycles. The number of hydrogen-bond acceptors (Lipinski definition) is 7. The number of aryl methyl sites for hydroxylation is 1. The lowest BCUT2D eigenvalue weighted by Gasteiger charge is -2.00. The van der Waals surface area contributed by atoms with Crippen LogP contribution in [0.5, 0.6) is 0 Å². The van der Waals surface area contributed by atoms with Crippen LogP contribution in [0, 0.1) is 6.92 Å². The van der Waals surface area contributed by atoms with Gasteiger partial charge in [-0.3, -0.25) is 0 Å². The quantitative estimate of drug-likeness (QED) is 0.863. The Kier molecular flexibility index (Phi) is 3.39. The summed E-state index contributed by atoms with van der Waals surface area (Å²) in [5.74, 6) is 1.63. The molecule has 0 amide bonds. The van der Waals surface area contributed by atoms with Crippen LogP contribution in [0.4, 0.5) is 0 Å². The maximum atomic E-state index is 4.61. The van der Waals surface area contributed by atoms with Crippen LogP contribution in [0.2, 0.25) is 0 Å². The zero-order chi connectivity index (χ0) is 11.7. The SMILES string of the molecule is Cc1nnc(Sc2nc(C3CCCC3)ns2)s1. The molecule has 0 spiro atoms. The summed E-state index contributed by atoms with van der Waals surface area (Å²) in [5.41, 5.74) is 0. The molecule has 0 saturated heterocycles. The van der Waals surface area contributed by atoms with Gasteiger partial charge in [0.25, 0.3) is 0 Å². The van der Waals surface area contributed by atoms with E-state index in [0.29, 0.717) is 5.92 Å². The fraction of sp³-hybridized carbons (Fsp3) is 0.600. The Morgan fingerprint density at radius 3 is 2.71 bits per heavy atom. The van der Waals surface area contributed by atoms with Crippen LogP contribution in [-0.2, 0) is 0 Å². The molecule has 90 valence electrons. The standard InChI is InChI=1S/C10H12N4S3/c1-6-12-13-10(15-6)16-9-11-8(14-17-9)7-4-2-3-5-7/h7H,2-5H2,1H3. The van der Waals surface area contributed by atoms with Gasteiger partial charge >= 0.3 is 0 Å². The van der Waals surface area contributed by atoms with Crippen molar-refractivity contribution in [1.82, 2.24) is 19.6 Å². The lowest BCUT2D eigenvalue weighted by Crippen LogP contribution is -1.94. The van der Waals surface area contributed by atoms with Crippen LogP contribution in [-0.4, -0.2) is 19.6 Å². The first-order valence-electron chi connectivity index (χ1n) is 5.63. The van der Waals surface area contributed by atoms with E-state index in [-0.39, 0.29) is 0 Å². The lowest BCUT2D eigenvalue weighted by atomic mass is 10.1. The molecule has 2 aromatic rings. The highest BCUT2D eigenvalue weighted by Crippen LogP contribution is 2.36. The second-order valence-corrected chi connectivity index (χ2v) is 7.52. The van der Waals surface area contributed by atoms with E-state index in [1.807, 2.05) is 6.92 Å². The minimum atomic E-state index is 0.594. The van der Waals surface area contributed by atoms with Gasteiger partial charge < -0.3 is 0 Å². The molecule has 2 heterocycles. The monoisotopic (exact) mass is 284 g/mol. The highest BCUT2D eigenvalue weighted by atomic mass is 32.2. The number of aromatic nitrogens is 4. The van der Waals surface area contributed by atoms with Crippen molar-refractivity contribution in [2.24, 2.45) is 0 Å².